The van der Waals surface area contributed by atoms with E-state index < -0.39 is 0 Å². The third kappa shape index (κ3) is 3.40. The van der Waals surface area contributed by atoms with Crippen molar-refractivity contribution in [3.63, 3.8) is 0 Å². The number of hydrogen-bond donors (Lipinski definition) is 1. The number of amides is 1. The maximum absolute atomic E-state index is 11.8. The van der Waals surface area contributed by atoms with E-state index >= 15 is 0 Å². The van der Waals surface area contributed by atoms with Gasteiger partial charge in [-0.15, -0.1) is 0 Å². The van der Waals surface area contributed by atoms with Gasteiger partial charge in [0.2, 0.25) is 5.89 Å². The smallest absolute Gasteiger partial charge is 0.271 e. The van der Waals surface area contributed by atoms with E-state index in [1.165, 1.54) is 0 Å². The summed E-state index contributed by atoms with van der Waals surface area (Å²) in [5, 5.41) is 10.7. The third-order valence-corrected chi connectivity index (χ3v) is 2.57. The highest BCUT2D eigenvalue weighted by atomic mass is 16.5. The summed E-state index contributed by atoms with van der Waals surface area (Å²) < 4.78 is 6.59. The van der Waals surface area contributed by atoms with Gasteiger partial charge in [0.25, 0.3) is 5.91 Å². The van der Waals surface area contributed by atoms with Crippen LogP contribution >= 0.6 is 0 Å². The van der Waals surface area contributed by atoms with Gasteiger partial charge >= 0.3 is 0 Å². The second-order valence-corrected chi connectivity index (χ2v) is 4.51. The summed E-state index contributed by atoms with van der Waals surface area (Å²) in [7, 11) is 0. The average molecular weight is 263 g/mol. The molecule has 0 saturated heterocycles. The largest absolute Gasteiger partial charge is 0.350 e. The highest BCUT2D eigenvalue weighted by Gasteiger charge is 2.10. The number of aryl methyl sites for hydroxylation is 1. The fraction of sp³-hybridized carbons (Fsp3) is 0.500. The van der Waals surface area contributed by atoms with Gasteiger partial charge in [0, 0.05) is 32.1 Å². The minimum Gasteiger partial charge on any atom is -0.350 e. The zero-order valence-corrected chi connectivity index (χ0v) is 11.3. The number of carbonyl (C=O) groups excluding carboxylic acids is 1. The summed E-state index contributed by atoms with van der Waals surface area (Å²) in [6, 6.07) is 1.94. The zero-order chi connectivity index (χ0) is 13.8. The Morgan fingerprint density at radius 2 is 2.32 bits per heavy atom. The first-order valence-electron chi connectivity index (χ1n) is 6.19. The molecule has 7 nitrogen and oxygen atoms in total. The van der Waals surface area contributed by atoms with Gasteiger partial charge in [-0.1, -0.05) is 5.16 Å². The topological polar surface area (TPSA) is 85.8 Å². The van der Waals surface area contributed by atoms with E-state index in [4.69, 9.17) is 4.52 Å². The standard InChI is InChI=1S/C12H17N5O2/c1-8(2)17-7-5-10(15-17)12(18)13-6-4-11-14-9(3)19-16-11/h5,7-8H,4,6H2,1-3H3,(H,13,18). The summed E-state index contributed by atoms with van der Waals surface area (Å²) in [4.78, 5) is 15.9. The number of rotatable bonds is 5. The van der Waals surface area contributed by atoms with E-state index in [1.807, 2.05) is 13.8 Å². The highest BCUT2D eigenvalue weighted by molar-refractivity contribution is 5.92. The van der Waals surface area contributed by atoms with Gasteiger partial charge < -0.3 is 9.84 Å². The van der Waals surface area contributed by atoms with E-state index in [-0.39, 0.29) is 11.9 Å². The Morgan fingerprint density at radius 3 is 2.89 bits per heavy atom. The molecule has 0 aliphatic rings. The lowest BCUT2D eigenvalue weighted by molar-refractivity contribution is 0.0948. The number of nitrogens with zero attached hydrogens (tertiary/aromatic N) is 4. The molecule has 2 aromatic heterocycles. The molecule has 7 heteroatoms. The van der Waals surface area contributed by atoms with Crippen LogP contribution in [0.4, 0.5) is 0 Å². The van der Waals surface area contributed by atoms with E-state index in [0.717, 1.165) is 0 Å². The maximum atomic E-state index is 11.8. The summed E-state index contributed by atoms with van der Waals surface area (Å²) in [6.45, 7) is 6.19. The molecule has 2 rings (SSSR count). The van der Waals surface area contributed by atoms with Gasteiger partial charge in [-0.05, 0) is 19.9 Å². The van der Waals surface area contributed by atoms with Crippen molar-refractivity contribution in [3.05, 3.63) is 29.7 Å². The molecular formula is C12H17N5O2. The monoisotopic (exact) mass is 263 g/mol. The number of aromatic nitrogens is 4. The van der Waals surface area contributed by atoms with Crippen LogP contribution in [0.1, 0.15) is 42.1 Å². The van der Waals surface area contributed by atoms with Gasteiger partial charge in [0.1, 0.15) is 5.69 Å². The van der Waals surface area contributed by atoms with Gasteiger partial charge in [-0.25, -0.2) is 0 Å². The first-order chi connectivity index (χ1) is 9.06. The van der Waals surface area contributed by atoms with E-state index in [1.54, 1.807) is 23.9 Å². The Balaban J connectivity index is 1.83. The molecule has 0 aromatic carbocycles. The molecule has 1 amide bonds. The Labute approximate surface area is 111 Å². The quantitative estimate of drug-likeness (QED) is 0.873. The van der Waals surface area contributed by atoms with Crippen LogP contribution < -0.4 is 5.32 Å². The first kappa shape index (κ1) is 13.3. The summed E-state index contributed by atoms with van der Waals surface area (Å²) in [5.74, 6) is 0.919. The molecule has 0 unspecified atom stereocenters. The van der Waals surface area contributed by atoms with Crippen molar-refractivity contribution in [3.8, 4) is 0 Å². The molecule has 0 spiro atoms. The summed E-state index contributed by atoms with van der Waals surface area (Å²) in [6.07, 6.45) is 2.33. The van der Waals surface area contributed by atoms with E-state index in [2.05, 4.69) is 20.6 Å². The highest BCUT2D eigenvalue weighted by Crippen LogP contribution is 2.04. The van der Waals surface area contributed by atoms with Crippen LogP contribution in [0.5, 0.6) is 0 Å². The molecule has 0 aliphatic carbocycles. The Bertz CT molecular complexity index is 558. The maximum Gasteiger partial charge on any atom is 0.271 e. The second kappa shape index (κ2) is 5.64. The van der Waals surface area contributed by atoms with Crippen LogP contribution in [0.15, 0.2) is 16.8 Å². The molecule has 2 heterocycles. The normalized spacial score (nSPS) is 10.9. The molecule has 0 bridgehead atoms. The first-order valence-corrected chi connectivity index (χ1v) is 6.19. The molecule has 0 radical (unpaired) electrons. The second-order valence-electron chi connectivity index (χ2n) is 4.51. The molecule has 19 heavy (non-hydrogen) atoms. The SMILES string of the molecule is Cc1nc(CCNC(=O)c2ccn(C(C)C)n2)no1. The van der Waals surface area contributed by atoms with Crippen LogP contribution in [0.3, 0.4) is 0 Å². The number of hydrogen-bond acceptors (Lipinski definition) is 5. The molecule has 1 N–H and O–H groups in total. The van der Waals surface area contributed by atoms with Crippen molar-refractivity contribution < 1.29 is 9.32 Å². The fourth-order valence-corrected chi connectivity index (χ4v) is 1.57. The van der Waals surface area contributed by atoms with Crippen LogP contribution in [0.2, 0.25) is 0 Å². The van der Waals surface area contributed by atoms with Crippen LogP contribution in [-0.4, -0.2) is 32.4 Å². The Hall–Kier alpha value is -2.18. The summed E-state index contributed by atoms with van der Waals surface area (Å²) in [5.41, 5.74) is 0.415. The van der Waals surface area contributed by atoms with Gasteiger partial charge in [-0.2, -0.15) is 10.1 Å². The minimum atomic E-state index is -0.195. The Morgan fingerprint density at radius 1 is 1.53 bits per heavy atom. The van der Waals surface area contributed by atoms with Crippen molar-refractivity contribution in [2.24, 2.45) is 0 Å². The predicted octanol–water partition coefficient (Wildman–Crippen LogP) is 1.13. The van der Waals surface area contributed by atoms with Crippen molar-refractivity contribution in [2.75, 3.05) is 6.54 Å². The number of carbonyl (C=O) groups is 1. The van der Waals surface area contributed by atoms with Crippen molar-refractivity contribution in [1.82, 2.24) is 25.2 Å². The lowest BCUT2D eigenvalue weighted by atomic mass is 10.3. The zero-order valence-electron chi connectivity index (χ0n) is 11.3. The molecule has 0 aliphatic heterocycles. The van der Waals surface area contributed by atoms with Crippen molar-refractivity contribution in [1.29, 1.82) is 0 Å². The molecule has 0 saturated carbocycles. The van der Waals surface area contributed by atoms with Gasteiger partial charge in [0.05, 0.1) is 0 Å². The summed E-state index contributed by atoms with van der Waals surface area (Å²) >= 11 is 0. The molecular weight excluding hydrogens is 246 g/mol. The molecule has 2 aromatic rings. The van der Waals surface area contributed by atoms with Crippen LogP contribution in [-0.2, 0) is 6.42 Å². The lowest BCUT2D eigenvalue weighted by Crippen LogP contribution is -2.26. The predicted molar refractivity (Wildman–Crippen MR) is 67.7 cm³/mol. The average Bonchev–Trinajstić information content (AvgIpc) is 2.98. The van der Waals surface area contributed by atoms with Crippen molar-refractivity contribution in [2.45, 2.75) is 33.2 Å². The third-order valence-electron chi connectivity index (χ3n) is 2.57. The lowest BCUT2D eigenvalue weighted by Gasteiger charge is -2.04. The molecule has 102 valence electrons. The van der Waals surface area contributed by atoms with E-state index in [0.29, 0.717) is 30.4 Å². The van der Waals surface area contributed by atoms with E-state index in [9.17, 15) is 4.79 Å². The van der Waals surface area contributed by atoms with Crippen LogP contribution in [0.25, 0.3) is 0 Å². The Kier molecular flexibility index (Phi) is 3.94. The molecule has 0 atom stereocenters. The van der Waals surface area contributed by atoms with Crippen LogP contribution in [0, 0.1) is 6.92 Å². The number of nitrogens with one attached hydrogen (secondary N) is 1. The van der Waals surface area contributed by atoms with Gasteiger partial charge in [0.15, 0.2) is 5.82 Å². The molecule has 0 fully saturated rings. The van der Waals surface area contributed by atoms with Crippen molar-refractivity contribution >= 4 is 5.91 Å². The van der Waals surface area contributed by atoms with Gasteiger partial charge in [-0.3, -0.25) is 9.48 Å². The fourth-order valence-electron chi connectivity index (χ4n) is 1.57. The minimum absolute atomic E-state index is 0.195.